The van der Waals surface area contributed by atoms with Gasteiger partial charge in [0.05, 0.1) is 0 Å². The van der Waals surface area contributed by atoms with Gasteiger partial charge in [-0.3, -0.25) is 0 Å². The lowest BCUT2D eigenvalue weighted by Crippen LogP contribution is -2.45. The van der Waals surface area contributed by atoms with Crippen LogP contribution in [0.15, 0.2) is 0 Å². The highest BCUT2D eigenvalue weighted by Crippen LogP contribution is 2.21. The molecule has 1 fully saturated rings. The van der Waals surface area contributed by atoms with E-state index in [2.05, 4.69) is 10.0 Å². The average molecular weight is 263 g/mol. The van der Waals surface area contributed by atoms with Crippen LogP contribution in [0.5, 0.6) is 0 Å². The van der Waals surface area contributed by atoms with Crippen LogP contribution >= 0.6 is 0 Å². The summed E-state index contributed by atoms with van der Waals surface area (Å²) in [5, 5.41) is 3.14. The second kappa shape index (κ2) is 7.31. The quantitative estimate of drug-likeness (QED) is 0.705. The molecule has 0 spiro atoms. The van der Waals surface area contributed by atoms with E-state index in [-0.39, 0.29) is 0 Å². The Morgan fingerprint density at radius 1 is 1.24 bits per heavy atom. The Morgan fingerprint density at radius 3 is 2.41 bits per heavy atom. The van der Waals surface area contributed by atoms with Crippen LogP contribution in [0.1, 0.15) is 32.6 Å². The number of rotatable bonds is 7. The van der Waals surface area contributed by atoms with Gasteiger partial charge in [0.15, 0.2) is 0 Å². The van der Waals surface area contributed by atoms with Crippen LogP contribution in [0.2, 0.25) is 0 Å². The van der Waals surface area contributed by atoms with Crippen molar-refractivity contribution in [2.45, 2.75) is 32.6 Å². The van der Waals surface area contributed by atoms with Gasteiger partial charge in [0, 0.05) is 19.6 Å². The Kier molecular flexibility index (Phi) is 6.40. The van der Waals surface area contributed by atoms with Crippen LogP contribution in [-0.2, 0) is 10.2 Å². The first kappa shape index (κ1) is 14.9. The van der Waals surface area contributed by atoms with Crippen molar-refractivity contribution in [2.75, 3.05) is 33.2 Å². The zero-order valence-electron chi connectivity index (χ0n) is 10.9. The fourth-order valence-electron chi connectivity index (χ4n) is 2.11. The Morgan fingerprint density at radius 2 is 1.88 bits per heavy atom. The lowest BCUT2D eigenvalue weighted by atomic mass is 9.95. The van der Waals surface area contributed by atoms with Gasteiger partial charge < -0.3 is 5.32 Å². The standard InChI is InChI=1S/C11H25N3O2S/c1-3-7-13-17(15,16)14-9-5-11(6-10-14)4-8-12-2/h11-13H,3-10H2,1-2H3. The molecule has 0 radical (unpaired) electrons. The zero-order chi connectivity index (χ0) is 12.7. The third-order valence-corrected chi connectivity index (χ3v) is 4.86. The molecule has 0 amide bonds. The van der Waals surface area contributed by atoms with Crippen LogP contribution in [0.3, 0.4) is 0 Å². The summed E-state index contributed by atoms with van der Waals surface area (Å²) >= 11 is 0. The van der Waals surface area contributed by atoms with E-state index in [0.717, 1.165) is 32.2 Å². The van der Waals surface area contributed by atoms with Crippen LogP contribution in [-0.4, -0.2) is 45.9 Å². The van der Waals surface area contributed by atoms with E-state index >= 15 is 0 Å². The van der Waals surface area contributed by atoms with Crippen LogP contribution in [0.25, 0.3) is 0 Å². The summed E-state index contributed by atoms with van der Waals surface area (Å²) in [6, 6.07) is 0. The molecule has 1 aliphatic heterocycles. The maximum absolute atomic E-state index is 11.9. The molecule has 0 bridgehead atoms. The van der Waals surface area contributed by atoms with Gasteiger partial charge in [0.2, 0.25) is 0 Å². The molecule has 1 saturated heterocycles. The van der Waals surface area contributed by atoms with Crippen molar-refractivity contribution in [3.8, 4) is 0 Å². The van der Waals surface area contributed by atoms with Gasteiger partial charge in [-0.05, 0) is 45.2 Å². The second-order valence-electron chi connectivity index (χ2n) is 4.63. The summed E-state index contributed by atoms with van der Waals surface area (Å²) in [5.74, 6) is 0.667. The van der Waals surface area contributed by atoms with Gasteiger partial charge in [-0.15, -0.1) is 0 Å². The van der Waals surface area contributed by atoms with Gasteiger partial charge >= 0.3 is 0 Å². The molecule has 0 aromatic rings. The van der Waals surface area contributed by atoms with Gasteiger partial charge in [0.25, 0.3) is 10.2 Å². The highest BCUT2D eigenvalue weighted by molar-refractivity contribution is 7.87. The minimum absolute atomic E-state index is 0.530. The molecule has 0 unspecified atom stereocenters. The van der Waals surface area contributed by atoms with E-state index in [1.807, 2.05) is 14.0 Å². The molecule has 0 atom stereocenters. The topological polar surface area (TPSA) is 61.4 Å². The Hall–Kier alpha value is -0.170. The first-order valence-electron chi connectivity index (χ1n) is 6.49. The van der Waals surface area contributed by atoms with Crippen molar-refractivity contribution in [1.29, 1.82) is 0 Å². The molecule has 102 valence electrons. The molecule has 6 heteroatoms. The van der Waals surface area contributed by atoms with E-state index in [4.69, 9.17) is 0 Å². The predicted octanol–water partition coefficient (Wildman–Crippen LogP) is 0.552. The average Bonchev–Trinajstić information content (AvgIpc) is 2.34. The minimum atomic E-state index is -3.22. The largest absolute Gasteiger partial charge is 0.320 e. The Balaban J connectivity index is 2.35. The van der Waals surface area contributed by atoms with Gasteiger partial charge in [-0.1, -0.05) is 6.92 Å². The number of nitrogens with one attached hydrogen (secondary N) is 2. The van der Waals surface area contributed by atoms with Crippen molar-refractivity contribution >= 4 is 10.2 Å². The van der Waals surface area contributed by atoms with Crippen molar-refractivity contribution in [1.82, 2.24) is 14.3 Å². The number of piperidine rings is 1. The molecule has 1 heterocycles. The normalized spacial score (nSPS) is 19.6. The zero-order valence-corrected chi connectivity index (χ0v) is 11.7. The van der Waals surface area contributed by atoms with E-state index in [1.165, 1.54) is 0 Å². The van der Waals surface area contributed by atoms with Crippen molar-refractivity contribution < 1.29 is 8.42 Å². The first-order chi connectivity index (χ1) is 8.10. The first-order valence-corrected chi connectivity index (χ1v) is 7.93. The summed E-state index contributed by atoms with van der Waals surface area (Å²) in [4.78, 5) is 0. The smallest absolute Gasteiger partial charge is 0.279 e. The lowest BCUT2D eigenvalue weighted by molar-refractivity contribution is 0.261. The summed E-state index contributed by atoms with van der Waals surface area (Å²) in [5.41, 5.74) is 0. The summed E-state index contributed by atoms with van der Waals surface area (Å²) in [6.07, 6.45) is 3.94. The van der Waals surface area contributed by atoms with Gasteiger partial charge in [-0.25, -0.2) is 4.72 Å². The highest BCUT2D eigenvalue weighted by atomic mass is 32.2. The molecule has 0 saturated carbocycles. The third-order valence-electron chi connectivity index (χ3n) is 3.25. The molecule has 5 nitrogen and oxygen atoms in total. The van der Waals surface area contributed by atoms with E-state index < -0.39 is 10.2 Å². The van der Waals surface area contributed by atoms with Gasteiger partial charge in [-0.2, -0.15) is 12.7 Å². The van der Waals surface area contributed by atoms with E-state index in [0.29, 0.717) is 25.6 Å². The van der Waals surface area contributed by atoms with Crippen LogP contribution in [0, 0.1) is 5.92 Å². The monoisotopic (exact) mass is 263 g/mol. The number of nitrogens with zero attached hydrogens (tertiary/aromatic N) is 1. The van der Waals surface area contributed by atoms with Gasteiger partial charge in [0.1, 0.15) is 0 Å². The fourth-order valence-corrected chi connectivity index (χ4v) is 3.45. The molecule has 0 aromatic heterocycles. The maximum Gasteiger partial charge on any atom is 0.279 e. The van der Waals surface area contributed by atoms with Crippen molar-refractivity contribution in [3.05, 3.63) is 0 Å². The molecule has 1 rings (SSSR count). The highest BCUT2D eigenvalue weighted by Gasteiger charge is 2.26. The number of hydrogen-bond donors (Lipinski definition) is 2. The maximum atomic E-state index is 11.9. The van der Waals surface area contributed by atoms with Crippen LogP contribution < -0.4 is 10.0 Å². The summed E-state index contributed by atoms with van der Waals surface area (Å²) in [7, 11) is -1.27. The lowest BCUT2D eigenvalue weighted by Gasteiger charge is -2.31. The molecular weight excluding hydrogens is 238 g/mol. The minimum Gasteiger partial charge on any atom is -0.320 e. The molecule has 0 aromatic carbocycles. The van der Waals surface area contributed by atoms with Crippen molar-refractivity contribution in [3.63, 3.8) is 0 Å². The predicted molar refractivity (Wildman–Crippen MR) is 70.1 cm³/mol. The molecular formula is C11H25N3O2S. The van der Waals surface area contributed by atoms with Crippen LogP contribution in [0.4, 0.5) is 0 Å². The molecule has 0 aliphatic carbocycles. The van der Waals surface area contributed by atoms with E-state index in [1.54, 1.807) is 4.31 Å². The third kappa shape index (κ3) is 4.91. The SMILES string of the molecule is CCCNS(=O)(=O)N1CCC(CCNC)CC1. The Bertz CT molecular complexity index is 298. The molecule has 1 aliphatic rings. The Labute approximate surface area is 105 Å². The summed E-state index contributed by atoms with van der Waals surface area (Å²) < 4.78 is 27.9. The number of hydrogen-bond acceptors (Lipinski definition) is 3. The fraction of sp³-hybridized carbons (Fsp3) is 1.00. The summed E-state index contributed by atoms with van der Waals surface area (Å²) in [6.45, 7) is 4.83. The van der Waals surface area contributed by atoms with E-state index in [9.17, 15) is 8.42 Å². The molecule has 17 heavy (non-hydrogen) atoms. The molecule has 2 N–H and O–H groups in total. The van der Waals surface area contributed by atoms with Crippen molar-refractivity contribution in [2.24, 2.45) is 5.92 Å². The second-order valence-corrected chi connectivity index (χ2v) is 6.39.